The van der Waals surface area contributed by atoms with Gasteiger partial charge in [0.05, 0.1) is 0 Å². The molecule has 0 N–H and O–H groups in total. The summed E-state index contributed by atoms with van der Waals surface area (Å²) in [6, 6.07) is 8.78. The van der Waals surface area contributed by atoms with Crippen molar-refractivity contribution in [3.8, 4) is 0 Å². The predicted octanol–water partition coefficient (Wildman–Crippen LogP) is 2.84. The summed E-state index contributed by atoms with van der Waals surface area (Å²) in [5.74, 6) is 0. The molecule has 0 aliphatic carbocycles. The number of anilines is 1. The van der Waals surface area contributed by atoms with Crippen LogP contribution in [0.2, 0.25) is 0 Å². The molecule has 0 aliphatic rings. The van der Waals surface area contributed by atoms with Crippen molar-refractivity contribution in [2.45, 2.75) is 0 Å². The molecule has 0 fully saturated rings. The van der Waals surface area contributed by atoms with Gasteiger partial charge in [0.1, 0.15) is 0 Å². The molecule has 0 spiro atoms. The van der Waals surface area contributed by atoms with Gasteiger partial charge in [-0.15, -0.1) is 0 Å². The van der Waals surface area contributed by atoms with Gasteiger partial charge in [0.25, 0.3) is 0 Å². The number of hydrogen-bond acceptors (Lipinski definition) is 1. The van der Waals surface area contributed by atoms with Crippen LogP contribution in [0.15, 0.2) is 24.3 Å². The maximum absolute atomic E-state index is 2.49. The lowest BCUT2D eigenvalue weighted by Gasteiger charge is -2.13. The van der Waals surface area contributed by atoms with Gasteiger partial charge in [0.2, 0.25) is 0 Å². The van der Waals surface area contributed by atoms with Crippen molar-refractivity contribution in [1.82, 2.24) is 0 Å². The van der Waals surface area contributed by atoms with Crippen molar-refractivity contribution in [2.75, 3.05) is 25.7 Å². The molecule has 0 aromatic heterocycles. The molecule has 1 rings (SSSR count). The van der Waals surface area contributed by atoms with E-state index in [1.165, 1.54) is 11.0 Å². The molecular formula is C9H13INP. The Morgan fingerprint density at radius 2 is 1.67 bits per heavy atom. The fraction of sp³-hybridized carbons (Fsp3) is 0.333. The normalized spacial score (nSPS) is 12.7. The topological polar surface area (TPSA) is 3.24 Å². The number of nitrogens with zero attached hydrogens (tertiary/aromatic N) is 1. The van der Waals surface area contributed by atoms with Gasteiger partial charge in [-0.25, -0.2) is 0 Å². The van der Waals surface area contributed by atoms with Crippen LogP contribution in [0.3, 0.4) is 0 Å². The van der Waals surface area contributed by atoms with Gasteiger partial charge >= 0.3 is 0 Å². The first kappa shape index (κ1) is 10.3. The lowest BCUT2D eigenvalue weighted by Crippen LogP contribution is -2.09. The Morgan fingerprint density at radius 1 is 1.17 bits per heavy atom. The van der Waals surface area contributed by atoms with Crippen LogP contribution in [-0.4, -0.2) is 20.8 Å². The molecule has 0 bridgehead atoms. The highest BCUT2D eigenvalue weighted by atomic mass is 127. The standard InChI is InChI=1S/C9H13INP/c1-11(2)8-4-6-9(7-5-8)12(3)10/h4-7H,1-3H3. The summed E-state index contributed by atoms with van der Waals surface area (Å²) in [5.41, 5.74) is 1.29. The zero-order valence-electron chi connectivity index (χ0n) is 7.58. The van der Waals surface area contributed by atoms with E-state index in [0.29, 0.717) is 0 Å². The predicted molar refractivity (Wildman–Crippen MR) is 67.3 cm³/mol. The molecule has 1 aromatic rings. The summed E-state index contributed by atoms with van der Waals surface area (Å²) in [6.07, 6.45) is 0. The van der Waals surface area contributed by atoms with Crippen LogP contribution in [0.1, 0.15) is 0 Å². The average Bonchev–Trinajstić information content (AvgIpc) is 2.04. The Balaban J connectivity index is 2.86. The van der Waals surface area contributed by atoms with Gasteiger partial charge in [-0.05, 0) is 51.7 Å². The van der Waals surface area contributed by atoms with Crippen LogP contribution < -0.4 is 10.2 Å². The van der Waals surface area contributed by atoms with E-state index in [9.17, 15) is 0 Å². The molecular weight excluding hydrogens is 280 g/mol. The third-order valence-electron chi connectivity index (χ3n) is 1.72. The monoisotopic (exact) mass is 293 g/mol. The highest BCUT2D eigenvalue weighted by Crippen LogP contribution is 2.39. The van der Waals surface area contributed by atoms with E-state index in [2.05, 4.69) is 72.0 Å². The van der Waals surface area contributed by atoms with Crippen LogP contribution in [-0.2, 0) is 0 Å². The second kappa shape index (κ2) is 4.43. The third kappa shape index (κ3) is 2.60. The van der Waals surface area contributed by atoms with Gasteiger partial charge in [0, 0.05) is 19.8 Å². The van der Waals surface area contributed by atoms with Crippen LogP contribution in [0.5, 0.6) is 0 Å². The van der Waals surface area contributed by atoms with Crippen molar-refractivity contribution in [3.63, 3.8) is 0 Å². The Bertz CT molecular complexity index is 216. The minimum Gasteiger partial charge on any atom is -0.378 e. The smallest absolute Gasteiger partial charge is 0.0361 e. The summed E-state index contributed by atoms with van der Waals surface area (Å²) in [7, 11) is 4.13. The molecule has 12 heavy (non-hydrogen) atoms. The van der Waals surface area contributed by atoms with Crippen molar-refractivity contribution >= 4 is 38.6 Å². The number of hydrogen-bond donors (Lipinski definition) is 0. The number of halogens is 1. The van der Waals surface area contributed by atoms with Crippen molar-refractivity contribution in [3.05, 3.63) is 24.3 Å². The molecule has 1 nitrogen and oxygen atoms in total. The van der Waals surface area contributed by atoms with Crippen molar-refractivity contribution in [1.29, 1.82) is 0 Å². The van der Waals surface area contributed by atoms with E-state index in [0.717, 1.165) is 0 Å². The highest BCUT2D eigenvalue weighted by molar-refractivity contribution is 14.2. The van der Waals surface area contributed by atoms with Crippen molar-refractivity contribution in [2.24, 2.45) is 0 Å². The average molecular weight is 293 g/mol. The van der Waals surface area contributed by atoms with Crippen LogP contribution >= 0.6 is 27.6 Å². The molecule has 0 saturated heterocycles. The van der Waals surface area contributed by atoms with Gasteiger partial charge in [0.15, 0.2) is 0 Å². The first-order valence-electron chi connectivity index (χ1n) is 3.78. The molecule has 0 amide bonds. The van der Waals surface area contributed by atoms with Crippen LogP contribution in [0.25, 0.3) is 0 Å². The van der Waals surface area contributed by atoms with Gasteiger partial charge in [-0.2, -0.15) is 0 Å². The molecule has 1 unspecified atom stereocenters. The fourth-order valence-corrected chi connectivity index (χ4v) is 2.48. The Labute approximate surface area is 88.4 Å². The summed E-state index contributed by atoms with van der Waals surface area (Å²) < 4.78 is 0. The second-order valence-corrected chi connectivity index (χ2v) is 8.70. The summed E-state index contributed by atoms with van der Waals surface area (Å²) >= 11 is 2.49. The SMILES string of the molecule is CN(C)c1ccc(P(C)I)cc1. The Hall–Kier alpha value is 0.180. The Morgan fingerprint density at radius 3 is 2.00 bits per heavy atom. The van der Waals surface area contributed by atoms with Crippen LogP contribution in [0, 0.1) is 0 Å². The van der Waals surface area contributed by atoms with Crippen molar-refractivity contribution < 1.29 is 0 Å². The van der Waals surface area contributed by atoms with Gasteiger partial charge < -0.3 is 4.90 Å². The van der Waals surface area contributed by atoms with E-state index in [4.69, 9.17) is 0 Å². The van der Waals surface area contributed by atoms with E-state index in [1.807, 2.05) is 0 Å². The van der Waals surface area contributed by atoms with Crippen LogP contribution in [0.4, 0.5) is 5.69 Å². The minimum atomic E-state index is 0.0242. The quantitative estimate of drug-likeness (QED) is 0.598. The van der Waals surface area contributed by atoms with Gasteiger partial charge in [-0.3, -0.25) is 0 Å². The molecule has 1 aromatic carbocycles. The second-order valence-electron chi connectivity index (χ2n) is 2.89. The van der Waals surface area contributed by atoms with E-state index >= 15 is 0 Å². The molecule has 1 atom stereocenters. The first-order chi connectivity index (χ1) is 5.61. The van der Waals surface area contributed by atoms with E-state index in [1.54, 1.807) is 0 Å². The fourth-order valence-electron chi connectivity index (χ4n) is 0.956. The third-order valence-corrected chi connectivity index (χ3v) is 4.40. The highest BCUT2D eigenvalue weighted by Gasteiger charge is 1.99. The minimum absolute atomic E-state index is 0.0242. The lowest BCUT2D eigenvalue weighted by molar-refractivity contribution is 1.13. The maximum atomic E-state index is 2.49. The van der Waals surface area contributed by atoms with Gasteiger partial charge in [-0.1, -0.05) is 12.1 Å². The lowest BCUT2D eigenvalue weighted by atomic mass is 10.3. The summed E-state index contributed by atoms with van der Waals surface area (Å²) in [6.45, 7) is 2.26. The summed E-state index contributed by atoms with van der Waals surface area (Å²) in [5, 5.41) is 1.45. The number of benzene rings is 1. The van der Waals surface area contributed by atoms with E-state index in [-0.39, 0.29) is 5.56 Å². The zero-order chi connectivity index (χ0) is 9.14. The van der Waals surface area contributed by atoms with E-state index < -0.39 is 0 Å². The molecule has 66 valence electrons. The maximum Gasteiger partial charge on any atom is 0.0361 e. The molecule has 3 heteroatoms. The molecule has 0 radical (unpaired) electrons. The molecule has 0 saturated carbocycles. The zero-order valence-corrected chi connectivity index (χ0v) is 10.6. The molecule has 0 aliphatic heterocycles. The number of rotatable bonds is 2. The Kier molecular flexibility index (Phi) is 3.78. The summed E-state index contributed by atoms with van der Waals surface area (Å²) in [4.78, 5) is 2.12. The largest absolute Gasteiger partial charge is 0.378 e. The molecule has 0 heterocycles. The first-order valence-corrected chi connectivity index (χ1v) is 8.35.